The Bertz CT molecular complexity index is 477. The summed E-state index contributed by atoms with van der Waals surface area (Å²) in [6, 6.07) is 6.93. The van der Waals surface area contributed by atoms with Gasteiger partial charge in [0.05, 0.1) is 12.5 Å². The Morgan fingerprint density at radius 1 is 1.37 bits per heavy atom. The highest BCUT2D eigenvalue weighted by Gasteiger charge is 2.29. The number of carbonyl (C=O) groups excluding carboxylic acids is 1. The molecular weight excluding hydrogens is 330 g/mol. The summed E-state index contributed by atoms with van der Waals surface area (Å²) in [7, 11) is 0. The van der Waals surface area contributed by atoms with Crippen molar-refractivity contribution in [3.63, 3.8) is 0 Å². The zero-order chi connectivity index (χ0) is 13.8. The zero-order valence-corrected chi connectivity index (χ0v) is 12.6. The van der Waals surface area contributed by atoms with Crippen molar-refractivity contribution in [3.05, 3.63) is 34.3 Å². The van der Waals surface area contributed by atoms with Crippen LogP contribution in [0.3, 0.4) is 0 Å². The van der Waals surface area contributed by atoms with Crippen LogP contribution < -0.4 is 0 Å². The summed E-state index contributed by atoms with van der Waals surface area (Å²) in [4.78, 5) is 25.0. The number of amides is 1. The molecule has 6 heteroatoms. The lowest BCUT2D eigenvalue weighted by molar-refractivity contribution is -0.138. The average Bonchev–Trinajstić information content (AvgIpc) is 2.39. The number of hydrogen-bond acceptors (Lipinski definition) is 3. The van der Waals surface area contributed by atoms with Crippen molar-refractivity contribution in [2.24, 2.45) is 0 Å². The molecule has 102 valence electrons. The fourth-order valence-corrected chi connectivity index (χ4v) is 3.38. The first kappa shape index (κ1) is 14.4. The number of halogens is 1. The van der Waals surface area contributed by atoms with E-state index in [1.54, 1.807) is 28.8 Å². The monoisotopic (exact) mass is 343 g/mol. The van der Waals surface area contributed by atoms with Crippen LogP contribution >= 0.6 is 27.7 Å². The third-order valence-corrected chi connectivity index (χ3v) is 4.61. The molecule has 0 bridgehead atoms. The molecule has 4 nitrogen and oxygen atoms in total. The lowest BCUT2D eigenvalue weighted by Crippen LogP contribution is -2.47. The second-order valence-electron chi connectivity index (χ2n) is 4.33. The maximum atomic E-state index is 12.4. The highest BCUT2D eigenvalue weighted by molar-refractivity contribution is 9.10. The molecule has 0 aliphatic carbocycles. The van der Waals surface area contributed by atoms with Crippen molar-refractivity contribution in [2.45, 2.75) is 12.5 Å². The van der Waals surface area contributed by atoms with E-state index in [4.69, 9.17) is 5.11 Å². The van der Waals surface area contributed by atoms with E-state index in [0.29, 0.717) is 17.9 Å². The third-order valence-electron chi connectivity index (χ3n) is 2.99. The van der Waals surface area contributed by atoms with Gasteiger partial charge in [-0.15, -0.1) is 0 Å². The summed E-state index contributed by atoms with van der Waals surface area (Å²) in [5.74, 6) is 0.604. The average molecular weight is 344 g/mol. The van der Waals surface area contributed by atoms with Crippen LogP contribution in [-0.2, 0) is 4.79 Å². The minimum Gasteiger partial charge on any atom is -0.481 e. The van der Waals surface area contributed by atoms with Crippen molar-refractivity contribution in [2.75, 3.05) is 18.1 Å². The van der Waals surface area contributed by atoms with Crippen LogP contribution in [-0.4, -0.2) is 46.0 Å². The quantitative estimate of drug-likeness (QED) is 0.915. The molecular formula is C13H14BrNO3S. The van der Waals surface area contributed by atoms with Crippen molar-refractivity contribution in [3.8, 4) is 0 Å². The first-order chi connectivity index (χ1) is 9.08. The number of benzene rings is 1. The Balaban J connectivity index is 2.15. The summed E-state index contributed by atoms with van der Waals surface area (Å²) >= 11 is 5.03. The molecule has 0 radical (unpaired) electrons. The van der Waals surface area contributed by atoms with Gasteiger partial charge in [0.25, 0.3) is 5.91 Å². The van der Waals surface area contributed by atoms with Crippen LogP contribution in [0, 0.1) is 0 Å². The van der Waals surface area contributed by atoms with E-state index < -0.39 is 5.97 Å². The number of carboxylic acids is 1. The molecule has 1 unspecified atom stereocenters. The molecule has 2 rings (SSSR count). The molecule has 1 saturated heterocycles. The molecule has 1 atom stereocenters. The molecule has 1 aliphatic rings. The molecule has 0 aromatic heterocycles. The molecule has 1 fully saturated rings. The smallest absolute Gasteiger partial charge is 0.305 e. The van der Waals surface area contributed by atoms with E-state index in [1.807, 2.05) is 12.1 Å². The van der Waals surface area contributed by atoms with E-state index in [2.05, 4.69) is 15.9 Å². The normalized spacial score (nSPS) is 19.2. The lowest BCUT2D eigenvalue weighted by atomic mass is 10.1. The largest absolute Gasteiger partial charge is 0.481 e. The van der Waals surface area contributed by atoms with E-state index >= 15 is 0 Å². The van der Waals surface area contributed by atoms with Crippen LogP contribution in [0.2, 0.25) is 0 Å². The SMILES string of the molecule is O=C(O)CC1CSCCN1C(=O)c1ccc(Br)cc1. The number of thioether (sulfide) groups is 1. The zero-order valence-electron chi connectivity index (χ0n) is 10.2. The van der Waals surface area contributed by atoms with Gasteiger partial charge >= 0.3 is 5.97 Å². The first-order valence-corrected chi connectivity index (χ1v) is 7.89. The number of rotatable bonds is 3. The van der Waals surface area contributed by atoms with E-state index in [0.717, 1.165) is 10.2 Å². The van der Waals surface area contributed by atoms with Gasteiger partial charge < -0.3 is 10.0 Å². The first-order valence-electron chi connectivity index (χ1n) is 5.94. The Hall–Kier alpha value is -1.01. The fraction of sp³-hybridized carbons (Fsp3) is 0.385. The third kappa shape index (κ3) is 3.73. The number of hydrogen-bond donors (Lipinski definition) is 1. The van der Waals surface area contributed by atoms with Gasteiger partial charge in [-0.2, -0.15) is 11.8 Å². The van der Waals surface area contributed by atoms with E-state index in [-0.39, 0.29) is 18.4 Å². The summed E-state index contributed by atoms with van der Waals surface area (Å²) in [5, 5.41) is 8.92. The highest BCUT2D eigenvalue weighted by Crippen LogP contribution is 2.22. The van der Waals surface area contributed by atoms with Crippen LogP contribution in [0.1, 0.15) is 16.8 Å². The molecule has 0 saturated carbocycles. The van der Waals surface area contributed by atoms with Crippen LogP contribution in [0.25, 0.3) is 0 Å². The Morgan fingerprint density at radius 3 is 2.68 bits per heavy atom. The topological polar surface area (TPSA) is 57.6 Å². The van der Waals surface area contributed by atoms with Gasteiger partial charge in [0.1, 0.15) is 0 Å². The van der Waals surface area contributed by atoms with Crippen LogP contribution in [0.4, 0.5) is 0 Å². The van der Waals surface area contributed by atoms with Gasteiger partial charge in [-0.05, 0) is 24.3 Å². The second kappa shape index (κ2) is 6.43. The van der Waals surface area contributed by atoms with Gasteiger partial charge in [0.2, 0.25) is 0 Å². The number of carbonyl (C=O) groups is 2. The minimum absolute atomic E-state index is 0.00919. The summed E-state index contributed by atoms with van der Waals surface area (Å²) in [5.41, 5.74) is 0.602. The Kier molecular flexibility index (Phi) is 4.87. The molecule has 19 heavy (non-hydrogen) atoms. The molecule has 1 aliphatic heterocycles. The highest BCUT2D eigenvalue weighted by atomic mass is 79.9. The Labute approximate surface area is 124 Å². The maximum Gasteiger partial charge on any atom is 0.305 e. The van der Waals surface area contributed by atoms with Gasteiger partial charge in [-0.1, -0.05) is 15.9 Å². The summed E-state index contributed by atoms with van der Waals surface area (Å²) in [6.07, 6.45) is 0.00919. The molecule has 0 spiro atoms. The molecule has 1 heterocycles. The van der Waals surface area contributed by atoms with Gasteiger partial charge in [0.15, 0.2) is 0 Å². The molecule has 1 aromatic carbocycles. The summed E-state index contributed by atoms with van der Waals surface area (Å²) in [6.45, 7) is 0.609. The van der Waals surface area contributed by atoms with Crippen molar-refractivity contribution in [1.29, 1.82) is 0 Å². The van der Waals surface area contributed by atoms with E-state index in [9.17, 15) is 9.59 Å². The molecule has 1 aromatic rings. The number of aliphatic carboxylic acids is 1. The van der Waals surface area contributed by atoms with Crippen molar-refractivity contribution in [1.82, 2.24) is 4.90 Å². The van der Waals surface area contributed by atoms with Gasteiger partial charge in [0, 0.05) is 28.1 Å². The molecule has 1 N–H and O–H groups in total. The molecule has 1 amide bonds. The fourth-order valence-electron chi connectivity index (χ4n) is 2.05. The minimum atomic E-state index is -0.860. The predicted octanol–water partition coefficient (Wildman–Crippen LogP) is 2.48. The van der Waals surface area contributed by atoms with Crippen molar-refractivity contribution >= 4 is 39.6 Å². The lowest BCUT2D eigenvalue weighted by Gasteiger charge is -2.34. The van der Waals surface area contributed by atoms with Crippen LogP contribution in [0.5, 0.6) is 0 Å². The van der Waals surface area contributed by atoms with E-state index in [1.165, 1.54) is 0 Å². The number of nitrogens with zero attached hydrogens (tertiary/aromatic N) is 1. The standard InChI is InChI=1S/C13H14BrNO3S/c14-10-3-1-9(2-4-10)13(18)15-5-6-19-8-11(15)7-12(16)17/h1-4,11H,5-8H2,(H,16,17). The van der Waals surface area contributed by atoms with Gasteiger partial charge in [-0.25, -0.2) is 0 Å². The van der Waals surface area contributed by atoms with Crippen LogP contribution in [0.15, 0.2) is 28.7 Å². The Morgan fingerprint density at radius 2 is 2.05 bits per heavy atom. The maximum absolute atomic E-state index is 12.4. The predicted molar refractivity (Wildman–Crippen MR) is 78.5 cm³/mol. The van der Waals surface area contributed by atoms with Gasteiger partial charge in [-0.3, -0.25) is 9.59 Å². The van der Waals surface area contributed by atoms with Crippen molar-refractivity contribution < 1.29 is 14.7 Å². The number of carboxylic acid groups (broad SMARTS) is 1. The summed E-state index contributed by atoms with van der Waals surface area (Å²) < 4.78 is 0.917. The second-order valence-corrected chi connectivity index (χ2v) is 6.40.